The summed E-state index contributed by atoms with van der Waals surface area (Å²) in [5, 5.41) is 14.3. The van der Waals surface area contributed by atoms with Crippen LogP contribution in [-0.2, 0) is 6.54 Å². The van der Waals surface area contributed by atoms with E-state index in [-0.39, 0.29) is 12.4 Å². The lowest BCUT2D eigenvalue weighted by Crippen LogP contribution is -2.31. The summed E-state index contributed by atoms with van der Waals surface area (Å²) in [4.78, 5) is 21.5. The number of amides is 1. The number of nitrogens with two attached hydrogens (primary N) is 1. The monoisotopic (exact) mass is 261 g/mol. The molecule has 1 heterocycles. The van der Waals surface area contributed by atoms with Gasteiger partial charge in [-0.3, -0.25) is 10.2 Å². The molecule has 19 heavy (non-hydrogen) atoms. The van der Waals surface area contributed by atoms with Crippen molar-refractivity contribution in [2.75, 3.05) is 0 Å². The molecule has 1 aromatic heterocycles. The van der Waals surface area contributed by atoms with Crippen molar-refractivity contribution in [2.45, 2.75) is 6.54 Å². The zero-order valence-electron chi connectivity index (χ0n) is 9.81. The van der Waals surface area contributed by atoms with Crippen molar-refractivity contribution in [3.8, 4) is 0 Å². The molecule has 0 saturated carbocycles. The lowest BCUT2D eigenvalue weighted by Gasteiger charge is -2.06. The molecule has 0 aliphatic rings. The maximum atomic E-state index is 11.6. The van der Waals surface area contributed by atoms with E-state index in [0.717, 1.165) is 0 Å². The Balaban J connectivity index is 2.27. The Kier molecular flexibility index (Phi) is 3.53. The number of hydrogen-bond donors (Lipinski definition) is 2. The summed E-state index contributed by atoms with van der Waals surface area (Å²) in [5.41, 5.74) is 3.13. The van der Waals surface area contributed by atoms with E-state index in [2.05, 4.69) is 10.5 Å². The van der Waals surface area contributed by atoms with Gasteiger partial charge in [0.25, 0.3) is 5.91 Å². The van der Waals surface area contributed by atoms with Gasteiger partial charge in [0, 0.05) is 5.56 Å². The first-order valence-electron chi connectivity index (χ1n) is 5.38. The van der Waals surface area contributed by atoms with Crippen molar-refractivity contribution in [3.63, 3.8) is 0 Å². The lowest BCUT2D eigenvalue weighted by atomic mass is 10.1. The molecule has 2 aromatic rings. The molecule has 98 valence electrons. The molecule has 8 heteroatoms. The smallest absolute Gasteiger partial charge is 0.358 e. The third kappa shape index (κ3) is 2.75. The van der Waals surface area contributed by atoms with E-state index < -0.39 is 10.8 Å². The molecule has 0 unspecified atom stereocenters. The topological polar surface area (TPSA) is 116 Å². The number of hydrogen-bond acceptors (Lipinski definition) is 5. The normalized spacial score (nSPS) is 10.2. The van der Waals surface area contributed by atoms with Gasteiger partial charge in [-0.05, 0) is 16.6 Å². The number of benzene rings is 1. The molecule has 2 rings (SSSR count). The molecule has 1 amide bonds. The van der Waals surface area contributed by atoms with E-state index in [1.54, 1.807) is 24.3 Å². The van der Waals surface area contributed by atoms with Gasteiger partial charge in [-0.15, -0.1) is 0 Å². The van der Waals surface area contributed by atoms with Gasteiger partial charge >= 0.3 is 5.82 Å². The van der Waals surface area contributed by atoms with E-state index in [1.807, 2.05) is 0 Å². The zero-order chi connectivity index (χ0) is 13.8. The van der Waals surface area contributed by atoms with Crippen LogP contribution in [0.15, 0.2) is 36.5 Å². The van der Waals surface area contributed by atoms with Crippen molar-refractivity contribution in [2.24, 2.45) is 5.84 Å². The number of nitrogen functional groups attached to an aromatic ring is 1. The highest BCUT2D eigenvalue weighted by molar-refractivity contribution is 5.95. The number of rotatable bonds is 4. The molecule has 0 saturated heterocycles. The van der Waals surface area contributed by atoms with Gasteiger partial charge in [-0.25, -0.2) is 5.84 Å². The van der Waals surface area contributed by atoms with Gasteiger partial charge in [-0.1, -0.05) is 18.2 Å². The van der Waals surface area contributed by atoms with Gasteiger partial charge in [0.05, 0.1) is 23.9 Å². The highest BCUT2D eigenvalue weighted by Crippen LogP contribution is 2.12. The molecular formula is C11H11N5O3. The van der Waals surface area contributed by atoms with Crippen LogP contribution < -0.4 is 11.3 Å². The summed E-state index contributed by atoms with van der Waals surface area (Å²) in [6.07, 6.45) is 1.48. The first kappa shape index (κ1) is 12.7. The van der Waals surface area contributed by atoms with Crippen LogP contribution in [0.2, 0.25) is 0 Å². The average Bonchev–Trinajstić information content (AvgIpc) is 2.87. The fourth-order valence-corrected chi connectivity index (χ4v) is 1.67. The Hall–Kier alpha value is -2.74. The predicted octanol–water partition coefficient (Wildman–Crippen LogP) is 0.443. The first-order valence-corrected chi connectivity index (χ1v) is 5.38. The summed E-state index contributed by atoms with van der Waals surface area (Å²) in [6, 6.07) is 8.12. The van der Waals surface area contributed by atoms with Gasteiger partial charge < -0.3 is 10.1 Å². The Morgan fingerprint density at radius 1 is 1.42 bits per heavy atom. The Morgan fingerprint density at radius 3 is 2.79 bits per heavy atom. The molecule has 1 aromatic carbocycles. The summed E-state index contributed by atoms with van der Waals surface area (Å²) >= 11 is 0. The van der Waals surface area contributed by atoms with Crippen LogP contribution >= 0.6 is 0 Å². The molecule has 0 atom stereocenters. The van der Waals surface area contributed by atoms with Crippen LogP contribution in [0.5, 0.6) is 0 Å². The molecule has 8 nitrogen and oxygen atoms in total. The molecular weight excluding hydrogens is 250 g/mol. The van der Waals surface area contributed by atoms with E-state index in [4.69, 9.17) is 5.84 Å². The van der Waals surface area contributed by atoms with Crippen LogP contribution in [0, 0.1) is 10.1 Å². The van der Waals surface area contributed by atoms with E-state index in [9.17, 15) is 14.9 Å². The zero-order valence-corrected chi connectivity index (χ0v) is 9.81. The van der Waals surface area contributed by atoms with Crippen molar-refractivity contribution >= 4 is 11.7 Å². The second kappa shape index (κ2) is 5.27. The van der Waals surface area contributed by atoms with Crippen LogP contribution in [0.1, 0.15) is 15.9 Å². The van der Waals surface area contributed by atoms with Crippen LogP contribution in [0.25, 0.3) is 0 Å². The molecule has 0 aliphatic carbocycles. The second-order valence-corrected chi connectivity index (χ2v) is 3.76. The maximum Gasteiger partial charge on any atom is 0.389 e. The number of nitrogens with zero attached hydrogens (tertiary/aromatic N) is 3. The second-order valence-electron chi connectivity index (χ2n) is 3.76. The third-order valence-electron chi connectivity index (χ3n) is 2.54. The van der Waals surface area contributed by atoms with Crippen LogP contribution in [-0.4, -0.2) is 20.6 Å². The lowest BCUT2D eigenvalue weighted by molar-refractivity contribution is -0.389. The maximum absolute atomic E-state index is 11.6. The van der Waals surface area contributed by atoms with Gasteiger partial charge in [0.1, 0.15) is 0 Å². The van der Waals surface area contributed by atoms with Crippen LogP contribution in [0.4, 0.5) is 5.82 Å². The number of nitro groups is 1. The minimum absolute atomic E-state index is 0.235. The van der Waals surface area contributed by atoms with E-state index >= 15 is 0 Å². The van der Waals surface area contributed by atoms with Crippen molar-refractivity contribution < 1.29 is 9.72 Å². The third-order valence-corrected chi connectivity index (χ3v) is 2.54. The number of carbonyl (C=O) groups is 1. The largest absolute Gasteiger partial charge is 0.389 e. The molecule has 0 radical (unpaired) electrons. The Labute approximate surface area is 108 Å². The predicted molar refractivity (Wildman–Crippen MR) is 66.1 cm³/mol. The highest BCUT2D eigenvalue weighted by atomic mass is 16.6. The molecule has 3 N–H and O–H groups in total. The summed E-state index contributed by atoms with van der Waals surface area (Å²) in [7, 11) is 0. The minimum atomic E-state index is -0.574. The van der Waals surface area contributed by atoms with Crippen LogP contribution in [0.3, 0.4) is 0 Å². The average molecular weight is 261 g/mol. The van der Waals surface area contributed by atoms with Crippen molar-refractivity contribution in [3.05, 3.63) is 57.8 Å². The Morgan fingerprint density at radius 2 is 2.16 bits per heavy atom. The minimum Gasteiger partial charge on any atom is -0.358 e. The number of nitrogens with one attached hydrogen (secondary N) is 1. The van der Waals surface area contributed by atoms with Gasteiger partial charge in [-0.2, -0.15) is 4.68 Å². The summed E-state index contributed by atoms with van der Waals surface area (Å²) < 4.78 is 1.39. The SMILES string of the molecule is NNC(=O)c1ccccc1Cn1ccc([N+](=O)[O-])n1. The fraction of sp³-hybridized carbons (Fsp3) is 0.0909. The summed E-state index contributed by atoms with van der Waals surface area (Å²) in [5.74, 6) is 4.44. The number of aromatic nitrogens is 2. The van der Waals surface area contributed by atoms with Crippen molar-refractivity contribution in [1.29, 1.82) is 0 Å². The quantitative estimate of drug-likeness (QED) is 0.358. The van der Waals surface area contributed by atoms with Gasteiger partial charge in [0.15, 0.2) is 0 Å². The fourth-order valence-electron chi connectivity index (χ4n) is 1.67. The van der Waals surface area contributed by atoms with E-state index in [1.165, 1.54) is 16.9 Å². The van der Waals surface area contributed by atoms with Crippen molar-refractivity contribution in [1.82, 2.24) is 15.2 Å². The molecule has 0 spiro atoms. The number of hydrazine groups is 1. The molecule has 0 fully saturated rings. The first-order chi connectivity index (χ1) is 9.11. The molecule has 0 bridgehead atoms. The standard InChI is InChI=1S/C11H11N5O3/c12-13-11(17)9-4-2-1-3-8(9)7-15-6-5-10(14-15)16(18)19/h1-6H,7,12H2,(H,13,17). The highest BCUT2D eigenvalue weighted by Gasteiger charge is 2.14. The molecule has 0 aliphatic heterocycles. The number of carbonyl (C=O) groups excluding carboxylic acids is 1. The van der Waals surface area contributed by atoms with Gasteiger partial charge in [0.2, 0.25) is 0 Å². The summed E-state index contributed by atoms with van der Waals surface area (Å²) in [6.45, 7) is 0.247. The Bertz CT molecular complexity index is 622. The van der Waals surface area contributed by atoms with E-state index in [0.29, 0.717) is 11.1 Å².